The molecule has 1 aliphatic rings. The summed E-state index contributed by atoms with van der Waals surface area (Å²) in [5, 5.41) is 20.3. The van der Waals surface area contributed by atoms with Gasteiger partial charge in [-0.3, -0.25) is 0 Å². The van der Waals surface area contributed by atoms with Gasteiger partial charge in [0.25, 0.3) is 5.17 Å². The molecule has 1 fully saturated rings. The number of aromatic nitrogens is 3. The van der Waals surface area contributed by atoms with Gasteiger partial charge in [0.1, 0.15) is 11.4 Å². The molecule has 0 saturated carbocycles. The van der Waals surface area contributed by atoms with Crippen LogP contribution in [0, 0.1) is 23.1 Å². The van der Waals surface area contributed by atoms with Crippen LogP contribution in [0.3, 0.4) is 0 Å². The minimum atomic E-state index is -0.685. The zero-order valence-corrected chi connectivity index (χ0v) is 18.5. The maximum atomic E-state index is 14.9. The standard InChI is InChI=1S/C18H20F2N8OS2/c1-29-18(30)22-9-12-10-28(25-24-12)13-7-14(19)16(15(20)8-13)26-3-5-27(6-4-26)17(31-2)23-11-21/h7-8,10H,3-6,9H2,1-2H3,(H,22,30). The van der Waals surface area contributed by atoms with Gasteiger partial charge >= 0.3 is 0 Å². The Morgan fingerprint density at radius 3 is 2.58 bits per heavy atom. The van der Waals surface area contributed by atoms with Gasteiger partial charge in [-0.25, -0.2) is 13.5 Å². The molecule has 0 aliphatic carbocycles. The van der Waals surface area contributed by atoms with E-state index in [2.05, 4.69) is 20.6 Å². The van der Waals surface area contributed by atoms with Crippen LogP contribution in [0.2, 0.25) is 0 Å². The van der Waals surface area contributed by atoms with Crippen LogP contribution in [0.5, 0.6) is 0 Å². The molecule has 0 bridgehead atoms. The summed E-state index contributed by atoms with van der Waals surface area (Å²) in [7, 11) is 1.45. The van der Waals surface area contributed by atoms with Crippen LogP contribution in [0.4, 0.5) is 14.5 Å². The fourth-order valence-corrected chi connectivity index (χ4v) is 3.78. The minimum absolute atomic E-state index is 0.0845. The summed E-state index contributed by atoms with van der Waals surface area (Å²) < 4.78 is 35.8. The molecule has 3 rings (SSSR count). The second-order valence-corrected chi connectivity index (χ2v) is 7.57. The van der Waals surface area contributed by atoms with E-state index in [4.69, 9.17) is 22.2 Å². The molecule has 164 valence electrons. The van der Waals surface area contributed by atoms with Crippen LogP contribution in [-0.2, 0) is 11.3 Å². The lowest BCUT2D eigenvalue weighted by molar-refractivity contribution is 0.387. The third-order valence-corrected chi connectivity index (χ3v) is 5.63. The van der Waals surface area contributed by atoms with Crippen molar-refractivity contribution in [2.45, 2.75) is 6.54 Å². The summed E-state index contributed by atoms with van der Waals surface area (Å²) in [4.78, 5) is 7.36. The smallest absolute Gasteiger partial charge is 0.256 e. The Morgan fingerprint density at radius 1 is 1.32 bits per heavy atom. The molecule has 0 spiro atoms. The van der Waals surface area contributed by atoms with Crippen molar-refractivity contribution < 1.29 is 13.5 Å². The molecule has 1 aliphatic heterocycles. The number of methoxy groups -OCH3 is 1. The highest BCUT2D eigenvalue weighted by Crippen LogP contribution is 2.27. The molecule has 13 heteroatoms. The Morgan fingerprint density at radius 2 is 2.00 bits per heavy atom. The zero-order valence-electron chi connectivity index (χ0n) is 16.9. The van der Waals surface area contributed by atoms with Gasteiger partial charge in [-0.15, -0.1) is 10.1 Å². The molecule has 1 aromatic heterocycles. The molecular weight excluding hydrogens is 446 g/mol. The van der Waals surface area contributed by atoms with Crippen molar-refractivity contribution in [3.63, 3.8) is 0 Å². The van der Waals surface area contributed by atoms with Crippen molar-refractivity contribution in [1.29, 1.82) is 5.26 Å². The maximum Gasteiger partial charge on any atom is 0.256 e. The first-order valence-electron chi connectivity index (χ1n) is 9.20. The number of rotatable bonds is 4. The highest BCUT2D eigenvalue weighted by molar-refractivity contribution is 8.13. The molecule has 0 amide bonds. The van der Waals surface area contributed by atoms with Crippen LogP contribution in [0.15, 0.2) is 23.3 Å². The molecule has 2 heterocycles. The first kappa shape index (κ1) is 22.7. The average Bonchev–Trinajstić information content (AvgIpc) is 3.25. The van der Waals surface area contributed by atoms with Gasteiger partial charge in [0, 0.05) is 38.3 Å². The first-order valence-corrected chi connectivity index (χ1v) is 10.8. The van der Waals surface area contributed by atoms with Gasteiger partial charge in [-0.2, -0.15) is 5.26 Å². The molecule has 0 atom stereocenters. The normalized spacial score (nSPS) is 14.4. The fourth-order valence-electron chi connectivity index (χ4n) is 3.14. The number of nitriles is 1. The van der Waals surface area contributed by atoms with Gasteiger partial charge in [0.05, 0.1) is 25.5 Å². The largest absolute Gasteiger partial charge is 0.474 e. The number of thiocarbonyl (C=S) groups is 1. The monoisotopic (exact) mass is 466 g/mol. The van der Waals surface area contributed by atoms with E-state index in [0.717, 1.165) is 0 Å². The molecule has 0 unspecified atom stereocenters. The topological polar surface area (TPSA) is 94.6 Å². The van der Waals surface area contributed by atoms with E-state index < -0.39 is 11.6 Å². The molecule has 1 N–H and O–H groups in total. The van der Waals surface area contributed by atoms with E-state index in [1.54, 1.807) is 17.3 Å². The Balaban J connectivity index is 1.72. The van der Waals surface area contributed by atoms with Crippen molar-refractivity contribution in [3.8, 4) is 11.9 Å². The highest BCUT2D eigenvalue weighted by Gasteiger charge is 2.25. The van der Waals surface area contributed by atoms with Crippen molar-refractivity contribution >= 4 is 40.0 Å². The second kappa shape index (κ2) is 10.4. The maximum absolute atomic E-state index is 14.9. The third-order valence-electron chi connectivity index (χ3n) is 4.60. The van der Waals surface area contributed by atoms with Crippen LogP contribution >= 0.6 is 24.0 Å². The van der Waals surface area contributed by atoms with Gasteiger partial charge in [-0.1, -0.05) is 17.0 Å². The number of halogens is 2. The Kier molecular flexibility index (Phi) is 7.59. The lowest BCUT2D eigenvalue weighted by Gasteiger charge is -2.37. The van der Waals surface area contributed by atoms with Crippen LogP contribution in [-0.4, -0.2) is 69.8 Å². The summed E-state index contributed by atoms with van der Waals surface area (Å²) in [5.41, 5.74) is 0.666. The van der Waals surface area contributed by atoms with Crippen LogP contribution in [0.25, 0.3) is 5.69 Å². The summed E-state index contributed by atoms with van der Waals surface area (Å²) in [6.45, 7) is 2.08. The number of nitrogens with one attached hydrogen (secondary N) is 1. The Labute approximate surface area is 187 Å². The average molecular weight is 467 g/mol. The van der Waals surface area contributed by atoms with Crippen molar-refractivity contribution in [2.75, 3.05) is 44.4 Å². The summed E-state index contributed by atoms with van der Waals surface area (Å²) in [5.74, 6) is -1.37. The predicted molar refractivity (Wildman–Crippen MR) is 118 cm³/mol. The number of piperazine rings is 1. The fraction of sp³-hybridized carbons (Fsp3) is 0.389. The summed E-state index contributed by atoms with van der Waals surface area (Å²) in [6, 6.07) is 2.45. The van der Waals surface area contributed by atoms with E-state index in [1.165, 1.54) is 35.7 Å². The van der Waals surface area contributed by atoms with E-state index in [-0.39, 0.29) is 23.1 Å². The second-order valence-electron chi connectivity index (χ2n) is 6.43. The number of ether oxygens (including phenoxy) is 1. The zero-order chi connectivity index (χ0) is 22.4. The number of hydrogen-bond acceptors (Lipinski definition) is 8. The predicted octanol–water partition coefficient (Wildman–Crippen LogP) is 1.89. The lowest BCUT2D eigenvalue weighted by Crippen LogP contribution is -2.48. The number of anilines is 1. The Hall–Kier alpha value is -2.98. The van der Waals surface area contributed by atoms with Gasteiger partial charge in [0.15, 0.2) is 16.8 Å². The quantitative estimate of drug-likeness (QED) is 0.314. The van der Waals surface area contributed by atoms with Crippen molar-refractivity contribution in [2.24, 2.45) is 4.99 Å². The van der Waals surface area contributed by atoms with Gasteiger partial charge < -0.3 is 19.9 Å². The summed E-state index contributed by atoms with van der Waals surface area (Å²) >= 11 is 6.25. The number of nitrogens with zero attached hydrogens (tertiary/aromatic N) is 7. The third kappa shape index (κ3) is 5.39. The number of hydrogen-bond donors (Lipinski definition) is 1. The number of aliphatic imine (C=N–C) groups is 1. The van der Waals surface area contributed by atoms with Crippen molar-refractivity contribution in [3.05, 3.63) is 35.7 Å². The lowest BCUT2D eigenvalue weighted by atomic mass is 10.2. The molecule has 0 radical (unpaired) electrons. The molecule has 9 nitrogen and oxygen atoms in total. The SMILES string of the molecule is COC(=S)NCc1cn(-c2cc(F)c(N3CCN(C(=NC#N)SC)CC3)c(F)c2)nn1. The number of benzene rings is 1. The Bertz CT molecular complexity index is 991. The van der Waals surface area contributed by atoms with Crippen LogP contribution in [0.1, 0.15) is 5.69 Å². The van der Waals surface area contributed by atoms with Gasteiger partial charge in [0.2, 0.25) is 6.19 Å². The summed E-state index contributed by atoms with van der Waals surface area (Å²) in [6.07, 6.45) is 5.16. The van der Waals surface area contributed by atoms with E-state index in [0.29, 0.717) is 37.0 Å². The molecule has 2 aromatic rings. The molecule has 31 heavy (non-hydrogen) atoms. The molecule has 1 saturated heterocycles. The first-order chi connectivity index (χ1) is 15.0. The number of thioether (sulfide) groups is 1. The van der Waals surface area contributed by atoms with E-state index >= 15 is 0 Å². The van der Waals surface area contributed by atoms with E-state index in [9.17, 15) is 8.78 Å². The van der Waals surface area contributed by atoms with E-state index in [1.807, 2.05) is 11.2 Å². The molecular formula is C18H20F2N8OS2. The van der Waals surface area contributed by atoms with Crippen LogP contribution < -0.4 is 10.2 Å². The molecule has 1 aromatic carbocycles. The minimum Gasteiger partial charge on any atom is -0.474 e. The number of amidine groups is 1. The highest BCUT2D eigenvalue weighted by atomic mass is 32.2. The van der Waals surface area contributed by atoms with Gasteiger partial charge in [-0.05, 0) is 18.5 Å². The van der Waals surface area contributed by atoms with Crippen molar-refractivity contribution in [1.82, 2.24) is 25.2 Å².